The standard InChI is InChI=1S/C25H20N6O7/c1-38-19-12-16(31(36)37)11-15(22(19)32)13-26-29-25(35)21(27-23(33)14-7-3-2-4-8-14)20-17-9-5-6-10-18(17)24(34)30-28-20/h2-13,21,32H,1H3,(H,27,33)(H,29,35)(H,30,34)/t21-/m0/s1. The molecule has 0 aliphatic carbocycles. The number of nitro benzene ring substituents is 1. The summed E-state index contributed by atoms with van der Waals surface area (Å²) >= 11 is 0. The van der Waals surface area contributed by atoms with Crippen LogP contribution >= 0.6 is 0 Å². The third-order valence-electron chi connectivity index (χ3n) is 5.47. The molecule has 0 radical (unpaired) electrons. The lowest BCUT2D eigenvalue weighted by atomic mass is 10.0. The fourth-order valence-electron chi connectivity index (χ4n) is 3.62. The highest BCUT2D eigenvalue weighted by molar-refractivity contribution is 5.99. The molecule has 0 saturated carbocycles. The number of ether oxygens (including phenoxy) is 1. The van der Waals surface area contributed by atoms with Crippen molar-refractivity contribution in [1.82, 2.24) is 20.9 Å². The molecule has 1 heterocycles. The first-order valence-electron chi connectivity index (χ1n) is 11.0. The molecule has 38 heavy (non-hydrogen) atoms. The Morgan fingerprint density at radius 2 is 1.82 bits per heavy atom. The average molecular weight is 516 g/mol. The number of rotatable bonds is 8. The summed E-state index contributed by atoms with van der Waals surface area (Å²) in [5.74, 6) is -2.03. The van der Waals surface area contributed by atoms with E-state index in [9.17, 15) is 29.6 Å². The van der Waals surface area contributed by atoms with Crippen LogP contribution in [-0.2, 0) is 4.79 Å². The van der Waals surface area contributed by atoms with Gasteiger partial charge in [0.15, 0.2) is 17.5 Å². The molecule has 0 unspecified atom stereocenters. The Morgan fingerprint density at radius 1 is 1.13 bits per heavy atom. The molecule has 0 spiro atoms. The molecule has 0 aliphatic heterocycles. The number of phenols is 1. The van der Waals surface area contributed by atoms with Crippen LogP contribution in [0.1, 0.15) is 27.7 Å². The molecule has 13 heteroatoms. The summed E-state index contributed by atoms with van der Waals surface area (Å²) in [5, 5.41) is 34.8. The highest BCUT2D eigenvalue weighted by atomic mass is 16.6. The van der Waals surface area contributed by atoms with Gasteiger partial charge in [-0.15, -0.1) is 0 Å². The van der Waals surface area contributed by atoms with Gasteiger partial charge in [0, 0.05) is 22.6 Å². The Hall–Kier alpha value is -5.59. The summed E-state index contributed by atoms with van der Waals surface area (Å²) in [6.07, 6.45) is 0.983. The largest absolute Gasteiger partial charge is 0.504 e. The van der Waals surface area contributed by atoms with E-state index in [0.717, 1.165) is 18.3 Å². The molecular weight excluding hydrogens is 496 g/mol. The van der Waals surface area contributed by atoms with E-state index in [2.05, 4.69) is 26.0 Å². The molecule has 0 aliphatic rings. The number of phenolic OH excluding ortho intramolecular Hbond substituents is 1. The van der Waals surface area contributed by atoms with Gasteiger partial charge in [-0.25, -0.2) is 10.5 Å². The van der Waals surface area contributed by atoms with Gasteiger partial charge >= 0.3 is 0 Å². The number of fused-ring (bicyclic) bond motifs is 1. The number of hydrogen-bond acceptors (Lipinski definition) is 9. The van der Waals surface area contributed by atoms with Crippen LogP contribution in [0.4, 0.5) is 5.69 Å². The Kier molecular flexibility index (Phi) is 7.38. The van der Waals surface area contributed by atoms with Gasteiger partial charge in [0.05, 0.1) is 29.7 Å². The van der Waals surface area contributed by atoms with E-state index in [1.807, 2.05) is 0 Å². The van der Waals surface area contributed by atoms with Gasteiger partial charge in [0.2, 0.25) is 0 Å². The van der Waals surface area contributed by atoms with Gasteiger partial charge in [-0.2, -0.15) is 10.2 Å². The molecule has 1 aromatic heterocycles. The number of benzene rings is 3. The third kappa shape index (κ3) is 5.31. The number of amides is 2. The summed E-state index contributed by atoms with van der Waals surface area (Å²) < 4.78 is 4.95. The molecule has 4 aromatic rings. The van der Waals surface area contributed by atoms with Crippen LogP contribution in [0.15, 0.2) is 76.6 Å². The minimum atomic E-state index is -1.41. The van der Waals surface area contributed by atoms with Gasteiger partial charge in [-0.3, -0.25) is 24.5 Å². The number of non-ortho nitro benzene ring substituents is 1. The number of aromatic nitrogens is 2. The van der Waals surface area contributed by atoms with Crippen LogP contribution in [0.2, 0.25) is 0 Å². The highest BCUT2D eigenvalue weighted by Crippen LogP contribution is 2.33. The van der Waals surface area contributed by atoms with E-state index in [-0.39, 0.29) is 33.6 Å². The Balaban J connectivity index is 1.69. The normalized spacial score (nSPS) is 11.7. The van der Waals surface area contributed by atoms with Crippen molar-refractivity contribution in [2.24, 2.45) is 5.10 Å². The summed E-state index contributed by atoms with van der Waals surface area (Å²) in [6.45, 7) is 0. The van der Waals surface area contributed by atoms with Gasteiger partial charge < -0.3 is 15.2 Å². The maximum Gasteiger partial charge on any atom is 0.274 e. The number of hydrogen-bond donors (Lipinski definition) is 4. The van der Waals surface area contributed by atoms with E-state index in [1.165, 1.54) is 7.11 Å². The van der Waals surface area contributed by atoms with Crippen LogP contribution < -0.4 is 21.0 Å². The molecule has 0 saturated heterocycles. The number of H-pyrrole nitrogens is 1. The lowest BCUT2D eigenvalue weighted by Gasteiger charge is -2.18. The average Bonchev–Trinajstić information content (AvgIpc) is 2.93. The quantitative estimate of drug-likeness (QED) is 0.156. The number of nitro groups is 1. The van der Waals surface area contributed by atoms with Crippen LogP contribution in [0, 0.1) is 10.1 Å². The van der Waals surface area contributed by atoms with Gasteiger partial charge in [0.1, 0.15) is 5.69 Å². The van der Waals surface area contributed by atoms with Gasteiger partial charge in [0.25, 0.3) is 23.1 Å². The van der Waals surface area contributed by atoms with Crippen molar-refractivity contribution in [1.29, 1.82) is 0 Å². The zero-order chi connectivity index (χ0) is 27.2. The van der Waals surface area contributed by atoms with Crippen LogP contribution in [-0.4, -0.2) is 45.4 Å². The number of methoxy groups -OCH3 is 1. The second-order valence-electron chi connectivity index (χ2n) is 7.83. The molecule has 1 atom stereocenters. The van der Waals surface area contributed by atoms with E-state index in [4.69, 9.17) is 4.74 Å². The lowest BCUT2D eigenvalue weighted by molar-refractivity contribution is -0.385. The number of nitrogens with one attached hydrogen (secondary N) is 3. The predicted molar refractivity (Wildman–Crippen MR) is 136 cm³/mol. The fraction of sp³-hybridized carbons (Fsp3) is 0.0800. The Bertz CT molecular complexity index is 1620. The van der Waals surface area contributed by atoms with Gasteiger partial charge in [-0.1, -0.05) is 36.4 Å². The summed E-state index contributed by atoms with van der Waals surface area (Å²) in [6, 6.07) is 15.2. The molecule has 3 aromatic carbocycles. The number of aromatic hydroxyl groups is 1. The third-order valence-corrected chi connectivity index (χ3v) is 5.47. The maximum atomic E-state index is 13.2. The molecule has 0 bridgehead atoms. The van der Waals surface area contributed by atoms with E-state index in [0.29, 0.717) is 5.39 Å². The zero-order valence-electron chi connectivity index (χ0n) is 19.7. The number of carbonyl (C=O) groups is 2. The molecule has 0 fully saturated rings. The monoisotopic (exact) mass is 516 g/mol. The van der Waals surface area contributed by atoms with E-state index in [1.54, 1.807) is 54.6 Å². The van der Waals surface area contributed by atoms with Crippen LogP contribution in [0.5, 0.6) is 11.5 Å². The molecule has 4 N–H and O–H groups in total. The van der Waals surface area contributed by atoms with Crippen molar-refractivity contribution in [2.45, 2.75) is 6.04 Å². The minimum Gasteiger partial charge on any atom is -0.504 e. The number of nitrogens with zero attached hydrogens (tertiary/aromatic N) is 3. The second-order valence-corrected chi connectivity index (χ2v) is 7.83. The summed E-state index contributed by atoms with van der Waals surface area (Å²) in [4.78, 5) is 48.9. The number of carbonyl (C=O) groups excluding carboxylic acids is 2. The van der Waals surface area contributed by atoms with Crippen molar-refractivity contribution in [3.05, 3.63) is 104 Å². The minimum absolute atomic E-state index is 0.0528. The molecular formula is C25H20N6O7. The highest BCUT2D eigenvalue weighted by Gasteiger charge is 2.27. The molecule has 4 rings (SSSR count). The smallest absolute Gasteiger partial charge is 0.274 e. The van der Waals surface area contributed by atoms with Crippen LogP contribution in [0.3, 0.4) is 0 Å². The SMILES string of the molecule is COc1cc([N+](=O)[O-])cc(C=NNC(=O)[C@@H](NC(=O)c2ccccc2)c2n[nH]c(=O)c3ccccc23)c1O. The van der Waals surface area contributed by atoms with Crippen molar-refractivity contribution >= 4 is 34.5 Å². The Labute approximate surface area is 213 Å². The van der Waals surface area contributed by atoms with Crippen molar-refractivity contribution in [3.8, 4) is 11.5 Å². The van der Waals surface area contributed by atoms with Crippen molar-refractivity contribution < 1.29 is 24.4 Å². The second kappa shape index (κ2) is 11.0. The first-order chi connectivity index (χ1) is 18.3. The zero-order valence-corrected chi connectivity index (χ0v) is 19.7. The first kappa shape index (κ1) is 25.5. The van der Waals surface area contributed by atoms with E-state index >= 15 is 0 Å². The summed E-state index contributed by atoms with van der Waals surface area (Å²) in [7, 11) is 1.23. The first-order valence-corrected chi connectivity index (χ1v) is 11.0. The summed E-state index contributed by atoms with van der Waals surface area (Å²) in [5.41, 5.74) is 1.61. The molecule has 192 valence electrons. The molecule has 13 nitrogen and oxygen atoms in total. The van der Waals surface area contributed by atoms with Crippen molar-refractivity contribution in [3.63, 3.8) is 0 Å². The molecule has 2 amide bonds. The van der Waals surface area contributed by atoms with Crippen LogP contribution in [0.25, 0.3) is 10.8 Å². The van der Waals surface area contributed by atoms with E-state index < -0.39 is 34.1 Å². The predicted octanol–water partition coefficient (Wildman–Crippen LogP) is 2.17. The fourth-order valence-corrected chi connectivity index (χ4v) is 3.62. The number of aromatic amines is 1. The maximum absolute atomic E-state index is 13.2. The van der Waals surface area contributed by atoms with Gasteiger partial charge in [-0.05, 0) is 18.2 Å². The topological polar surface area (TPSA) is 189 Å². The van der Waals surface area contributed by atoms with Crippen molar-refractivity contribution in [2.75, 3.05) is 7.11 Å². The number of hydrazone groups is 1. The Morgan fingerprint density at radius 3 is 2.50 bits per heavy atom. The lowest BCUT2D eigenvalue weighted by Crippen LogP contribution is -2.40.